The summed E-state index contributed by atoms with van der Waals surface area (Å²) in [5.74, 6) is 0.770. The zero-order valence-corrected chi connectivity index (χ0v) is 16.2. The number of halogens is 1. The maximum absolute atomic E-state index is 13.3. The molecule has 3 rings (SSSR count). The Morgan fingerprint density at radius 3 is 2.41 bits per heavy atom. The zero-order valence-electron chi connectivity index (χ0n) is 16.2. The van der Waals surface area contributed by atoms with Gasteiger partial charge in [-0.2, -0.15) is 0 Å². The summed E-state index contributed by atoms with van der Waals surface area (Å²) in [6, 6.07) is 6.28. The first kappa shape index (κ1) is 18.7. The number of pyridine rings is 1. The van der Waals surface area contributed by atoms with E-state index in [0.717, 1.165) is 16.5 Å². The Morgan fingerprint density at radius 2 is 1.78 bits per heavy atom. The Kier molecular flexibility index (Phi) is 5.03. The number of aliphatic imine (C=N–C) groups is 1. The number of anilines is 1. The van der Waals surface area contributed by atoms with Crippen LogP contribution in [0.3, 0.4) is 0 Å². The molecule has 0 aliphatic rings. The van der Waals surface area contributed by atoms with Crippen molar-refractivity contribution in [3.63, 3.8) is 0 Å². The van der Waals surface area contributed by atoms with Crippen molar-refractivity contribution in [1.29, 1.82) is 0 Å². The first-order valence-corrected chi connectivity index (χ1v) is 8.63. The van der Waals surface area contributed by atoms with Crippen molar-refractivity contribution >= 4 is 29.0 Å². The van der Waals surface area contributed by atoms with Crippen LogP contribution in [0.4, 0.5) is 16.2 Å². The first-order chi connectivity index (χ1) is 12.7. The second kappa shape index (κ2) is 7.26. The number of aromatic nitrogens is 3. The Bertz CT molecular complexity index is 974. The molecular weight excluding hydrogens is 343 g/mol. The summed E-state index contributed by atoms with van der Waals surface area (Å²) in [5, 5.41) is 4.01. The molecule has 0 fully saturated rings. The molecule has 7 heteroatoms. The molecule has 0 unspecified atom stereocenters. The van der Waals surface area contributed by atoms with Crippen molar-refractivity contribution in [2.24, 2.45) is 4.99 Å². The molecule has 2 aromatic heterocycles. The maximum Gasteiger partial charge on any atom is 0.223 e. The highest BCUT2D eigenvalue weighted by Crippen LogP contribution is 2.32. The van der Waals surface area contributed by atoms with Gasteiger partial charge in [-0.25, -0.2) is 24.3 Å². The molecular formula is C20H23FN6. The monoisotopic (exact) mass is 366 g/mol. The number of benzene rings is 1. The number of fused-ring (bicyclic) bond motifs is 1. The normalized spacial score (nSPS) is 11.9. The van der Waals surface area contributed by atoms with Gasteiger partial charge in [0.25, 0.3) is 0 Å². The average molecular weight is 366 g/mol. The molecule has 0 atom stereocenters. The van der Waals surface area contributed by atoms with E-state index in [9.17, 15) is 4.39 Å². The summed E-state index contributed by atoms with van der Waals surface area (Å²) in [5.41, 5.74) is 2.16. The molecule has 27 heavy (non-hydrogen) atoms. The van der Waals surface area contributed by atoms with Crippen molar-refractivity contribution in [3.05, 3.63) is 42.5 Å². The standard InChI is InChI=1S/C20H23FN6/c1-20(2,3)26-19-23-11-16-17(25-19)15(13-6-8-14(21)9-7-13)10-22-18(16)24-12-27(4)5/h6-12H,1-5H3,(H,23,25,26)/b24-12-. The van der Waals surface area contributed by atoms with E-state index >= 15 is 0 Å². The minimum Gasteiger partial charge on any atom is -0.369 e. The van der Waals surface area contributed by atoms with Crippen LogP contribution in [0.5, 0.6) is 0 Å². The van der Waals surface area contributed by atoms with Crippen LogP contribution in [-0.4, -0.2) is 45.8 Å². The third kappa shape index (κ3) is 4.55. The lowest BCUT2D eigenvalue weighted by Crippen LogP contribution is -2.27. The van der Waals surface area contributed by atoms with Crippen LogP contribution in [0.2, 0.25) is 0 Å². The predicted octanol–water partition coefficient (Wildman–Crippen LogP) is 4.26. The topological polar surface area (TPSA) is 66.3 Å². The van der Waals surface area contributed by atoms with E-state index in [1.807, 2.05) is 39.8 Å². The van der Waals surface area contributed by atoms with Crippen molar-refractivity contribution in [2.45, 2.75) is 26.3 Å². The lowest BCUT2D eigenvalue weighted by atomic mass is 10.0. The molecule has 1 aromatic carbocycles. The van der Waals surface area contributed by atoms with Gasteiger partial charge in [-0.3, -0.25) is 0 Å². The van der Waals surface area contributed by atoms with Gasteiger partial charge in [-0.05, 0) is 38.5 Å². The van der Waals surface area contributed by atoms with Crippen molar-refractivity contribution in [2.75, 3.05) is 19.4 Å². The van der Waals surface area contributed by atoms with E-state index in [0.29, 0.717) is 17.3 Å². The third-order valence-corrected chi connectivity index (χ3v) is 3.65. The van der Waals surface area contributed by atoms with Crippen LogP contribution in [0.25, 0.3) is 22.0 Å². The fraction of sp³-hybridized carbons (Fsp3) is 0.300. The number of rotatable bonds is 4. The molecule has 6 nitrogen and oxygen atoms in total. The number of hydrogen-bond donors (Lipinski definition) is 1. The van der Waals surface area contributed by atoms with E-state index < -0.39 is 0 Å². The zero-order chi connectivity index (χ0) is 19.6. The second-order valence-corrected chi connectivity index (χ2v) is 7.54. The highest BCUT2D eigenvalue weighted by molar-refractivity contribution is 5.98. The lowest BCUT2D eigenvalue weighted by Gasteiger charge is -2.20. The summed E-state index contributed by atoms with van der Waals surface area (Å²) >= 11 is 0. The van der Waals surface area contributed by atoms with Gasteiger partial charge in [0.05, 0.1) is 17.2 Å². The summed E-state index contributed by atoms with van der Waals surface area (Å²) in [4.78, 5) is 19.8. The van der Waals surface area contributed by atoms with Crippen LogP contribution in [0.15, 0.2) is 41.7 Å². The average Bonchev–Trinajstić information content (AvgIpc) is 2.59. The fourth-order valence-electron chi connectivity index (χ4n) is 2.52. The van der Waals surface area contributed by atoms with Gasteiger partial charge in [0.2, 0.25) is 5.95 Å². The largest absolute Gasteiger partial charge is 0.369 e. The molecule has 3 aromatic rings. The number of nitrogens with zero attached hydrogens (tertiary/aromatic N) is 5. The first-order valence-electron chi connectivity index (χ1n) is 8.63. The molecule has 0 amide bonds. The molecule has 0 bridgehead atoms. The van der Waals surface area contributed by atoms with E-state index in [1.54, 1.807) is 30.9 Å². The molecule has 2 heterocycles. The van der Waals surface area contributed by atoms with Crippen LogP contribution in [-0.2, 0) is 0 Å². The minimum absolute atomic E-state index is 0.178. The quantitative estimate of drug-likeness (QED) is 0.552. The fourth-order valence-corrected chi connectivity index (χ4v) is 2.52. The van der Waals surface area contributed by atoms with Gasteiger partial charge in [0, 0.05) is 37.6 Å². The Morgan fingerprint density at radius 1 is 1.07 bits per heavy atom. The predicted molar refractivity (Wildman–Crippen MR) is 108 cm³/mol. The van der Waals surface area contributed by atoms with Crippen LogP contribution >= 0.6 is 0 Å². The molecule has 0 saturated carbocycles. The van der Waals surface area contributed by atoms with E-state index in [4.69, 9.17) is 4.98 Å². The SMILES string of the molecule is CN(C)/C=N\c1ncc(-c2ccc(F)cc2)c2nc(NC(C)(C)C)ncc12. The molecule has 0 aliphatic carbocycles. The lowest BCUT2D eigenvalue weighted by molar-refractivity contribution is 0.626. The highest BCUT2D eigenvalue weighted by Gasteiger charge is 2.15. The van der Waals surface area contributed by atoms with Crippen molar-refractivity contribution in [1.82, 2.24) is 19.9 Å². The highest BCUT2D eigenvalue weighted by atomic mass is 19.1. The van der Waals surface area contributed by atoms with E-state index in [1.165, 1.54) is 12.1 Å². The Balaban J connectivity index is 2.20. The van der Waals surface area contributed by atoms with Gasteiger partial charge < -0.3 is 10.2 Å². The van der Waals surface area contributed by atoms with Gasteiger partial charge in [-0.1, -0.05) is 12.1 Å². The summed E-state index contributed by atoms with van der Waals surface area (Å²) in [6.45, 7) is 6.13. The Hall–Kier alpha value is -3.09. The molecule has 0 saturated heterocycles. The summed E-state index contributed by atoms with van der Waals surface area (Å²) in [6.07, 6.45) is 5.12. The number of nitrogens with one attached hydrogen (secondary N) is 1. The van der Waals surface area contributed by atoms with Gasteiger partial charge in [-0.15, -0.1) is 0 Å². The minimum atomic E-state index is -0.284. The Labute approximate surface area is 158 Å². The smallest absolute Gasteiger partial charge is 0.223 e. The molecule has 0 radical (unpaired) electrons. The van der Waals surface area contributed by atoms with E-state index in [2.05, 4.69) is 20.3 Å². The summed E-state index contributed by atoms with van der Waals surface area (Å²) < 4.78 is 13.3. The van der Waals surface area contributed by atoms with Crippen molar-refractivity contribution < 1.29 is 4.39 Å². The summed E-state index contributed by atoms with van der Waals surface area (Å²) in [7, 11) is 3.78. The van der Waals surface area contributed by atoms with Gasteiger partial charge >= 0.3 is 0 Å². The van der Waals surface area contributed by atoms with Crippen LogP contribution in [0.1, 0.15) is 20.8 Å². The van der Waals surface area contributed by atoms with Crippen LogP contribution in [0, 0.1) is 5.82 Å². The maximum atomic E-state index is 13.3. The van der Waals surface area contributed by atoms with E-state index in [-0.39, 0.29) is 11.4 Å². The third-order valence-electron chi connectivity index (χ3n) is 3.65. The second-order valence-electron chi connectivity index (χ2n) is 7.54. The van der Waals surface area contributed by atoms with Crippen LogP contribution < -0.4 is 5.32 Å². The molecule has 1 N–H and O–H groups in total. The van der Waals surface area contributed by atoms with Crippen molar-refractivity contribution in [3.8, 4) is 11.1 Å². The van der Waals surface area contributed by atoms with Gasteiger partial charge in [0.15, 0.2) is 5.82 Å². The molecule has 0 aliphatic heterocycles. The van der Waals surface area contributed by atoms with Gasteiger partial charge in [0.1, 0.15) is 5.82 Å². The molecule has 0 spiro atoms. The number of hydrogen-bond acceptors (Lipinski definition) is 5. The molecule has 140 valence electrons.